The van der Waals surface area contributed by atoms with Crippen LogP contribution >= 0.6 is 0 Å². The average molecular weight is 398 g/mol. The van der Waals surface area contributed by atoms with E-state index in [1.54, 1.807) is 48.5 Å². The lowest BCUT2D eigenvalue weighted by atomic mass is 9.95. The van der Waals surface area contributed by atoms with Crippen LogP contribution in [0, 0.1) is 0 Å². The van der Waals surface area contributed by atoms with Crippen LogP contribution in [0.25, 0.3) is 11.0 Å². The lowest BCUT2D eigenvalue weighted by Gasteiger charge is -2.34. The third kappa shape index (κ3) is 2.88. The number of nitrogens with one attached hydrogen (secondary N) is 2. The number of aromatic nitrogens is 2. The summed E-state index contributed by atoms with van der Waals surface area (Å²) in [5.74, 6) is -0.348. The van der Waals surface area contributed by atoms with Gasteiger partial charge in [0.15, 0.2) is 0 Å². The summed E-state index contributed by atoms with van der Waals surface area (Å²) in [5.41, 5.74) is 2.47. The van der Waals surface area contributed by atoms with Gasteiger partial charge in [0, 0.05) is 11.1 Å². The minimum Gasteiger partial charge on any atom is -0.508 e. The second-order valence-electron chi connectivity index (χ2n) is 7.10. The summed E-state index contributed by atoms with van der Waals surface area (Å²) in [6.07, 6.45) is 0. The summed E-state index contributed by atoms with van der Waals surface area (Å²) < 4.78 is 1.85. The number of aromatic hydroxyl groups is 1. The molecule has 0 aliphatic carbocycles. The summed E-state index contributed by atoms with van der Waals surface area (Å²) in [6, 6.07) is 21.4. The van der Waals surface area contributed by atoms with E-state index in [0.29, 0.717) is 22.6 Å². The number of carbonyl (C=O) groups excluding carboxylic acids is 2. The smallest absolute Gasteiger partial charge is 0.251 e. The summed E-state index contributed by atoms with van der Waals surface area (Å²) in [6.45, 7) is 0. The molecule has 1 aliphatic rings. The topological polar surface area (TPSA) is 96.3 Å². The van der Waals surface area contributed by atoms with Gasteiger partial charge in [0.25, 0.3) is 11.8 Å². The van der Waals surface area contributed by atoms with Crippen LogP contribution in [0.15, 0.2) is 78.9 Å². The van der Waals surface area contributed by atoms with Crippen LogP contribution < -0.4 is 10.6 Å². The molecule has 4 aromatic rings. The van der Waals surface area contributed by atoms with Crippen molar-refractivity contribution in [2.45, 2.75) is 12.1 Å². The summed E-state index contributed by atoms with van der Waals surface area (Å²) in [5, 5.41) is 16.2. The quantitative estimate of drug-likeness (QED) is 0.494. The molecule has 3 aromatic carbocycles. The molecule has 0 bridgehead atoms. The Labute approximate surface area is 172 Å². The SMILES string of the molecule is O=C(NC1C(=O)Nc2nc3ccccc3n2C1c1ccccc1O)c1ccccc1. The van der Waals surface area contributed by atoms with Crippen molar-refractivity contribution in [1.82, 2.24) is 14.9 Å². The number of hydrogen-bond acceptors (Lipinski definition) is 4. The molecule has 0 saturated carbocycles. The largest absolute Gasteiger partial charge is 0.508 e. The Balaban J connectivity index is 1.67. The van der Waals surface area contributed by atoms with Gasteiger partial charge in [-0.15, -0.1) is 0 Å². The summed E-state index contributed by atoms with van der Waals surface area (Å²) >= 11 is 0. The van der Waals surface area contributed by atoms with E-state index in [2.05, 4.69) is 15.6 Å². The summed E-state index contributed by atoms with van der Waals surface area (Å²) in [7, 11) is 0. The number of hydrogen-bond donors (Lipinski definition) is 3. The molecule has 7 heteroatoms. The first-order chi connectivity index (χ1) is 14.6. The van der Waals surface area contributed by atoms with E-state index in [1.807, 2.05) is 34.9 Å². The standard InChI is InChI=1S/C23H18N4O3/c28-18-13-7-4-10-15(18)20-19(25-21(29)14-8-2-1-3-9-14)22(30)26-23-24-16-11-5-6-12-17(16)27(20)23/h1-13,19-20,28H,(H,25,29)(H,24,26,30). The van der Waals surface area contributed by atoms with Crippen LogP contribution in [0.3, 0.4) is 0 Å². The maximum atomic E-state index is 13.0. The second kappa shape index (κ2) is 7.04. The van der Waals surface area contributed by atoms with Crippen LogP contribution in [-0.4, -0.2) is 32.5 Å². The minimum atomic E-state index is -0.948. The van der Waals surface area contributed by atoms with Crippen molar-refractivity contribution in [3.05, 3.63) is 90.0 Å². The van der Waals surface area contributed by atoms with Gasteiger partial charge in [-0.2, -0.15) is 0 Å². The van der Waals surface area contributed by atoms with E-state index < -0.39 is 18.0 Å². The van der Waals surface area contributed by atoms with Crippen LogP contribution in [0.4, 0.5) is 5.95 Å². The fraction of sp³-hybridized carbons (Fsp3) is 0.0870. The van der Waals surface area contributed by atoms with Crippen molar-refractivity contribution in [2.24, 2.45) is 0 Å². The molecule has 0 fully saturated rings. The first-order valence-electron chi connectivity index (χ1n) is 9.55. The van der Waals surface area contributed by atoms with Gasteiger partial charge in [-0.25, -0.2) is 4.98 Å². The zero-order valence-corrected chi connectivity index (χ0v) is 15.8. The van der Waals surface area contributed by atoms with E-state index >= 15 is 0 Å². The van der Waals surface area contributed by atoms with E-state index in [9.17, 15) is 14.7 Å². The molecule has 1 aromatic heterocycles. The molecule has 2 heterocycles. The van der Waals surface area contributed by atoms with Crippen molar-refractivity contribution >= 4 is 28.8 Å². The first-order valence-corrected chi connectivity index (χ1v) is 9.55. The van der Waals surface area contributed by atoms with Crippen LogP contribution in [0.1, 0.15) is 22.0 Å². The Bertz CT molecular complexity index is 1270. The number of fused-ring (bicyclic) bond motifs is 3. The Kier molecular flexibility index (Phi) is 4.21. The highest BCUT2D eigenvalue weighted by Crippen LogP contribution is 2.38. The predicted molar refractivity (Wildman–Crippen MR) is 112 cm³/mol. The number of benzene rings is 3. The van der Waals surface area contributed by atoms with Gasteiger partial charge in [-0.05, 0) is 30.3 Å². The number of imidazole rings is 1. The van der Waals surface area contributed by atoms with Crippen molar-refractivity contribution < 1.29 is 14.7 Å². The number of phenols is 1. The van der Waals surface area contributed by atoms with E-state index in [4.69, 9.17) is 0 Å². The highest BCUT2D eigenvalue weighted by atomic mass is 16.3. The number of carbonyl (C=O) groups is 2. The highest BCUT2D eigenvalue weighted by Gasteiger charge is 2.40. The van der Waals surface area contributed by atoms with E-state index in [-0.39, 0.29) is 11.7 Å². The average Bonchev–Trinajstić information content (AvgIpc) is 3.13. The molecule has 5 rings (SSSR count). The molecule has 2 atom stereocenters. The van der Waals surface area contributed by atoms with Crippen molar-refractivity contribution in [1.29, 1.82) is 0 Å². The molecule has 1 aliphatic heterocycles. The zero-order chi connectivity index (χ0) is 20.7. The van der Waals surface area contributed by atoms with Crippen LogP contribution in [0.2, 0.25) is 0 Å². The predicted octanol–water partition coefficient (Wildman–Crippen LogP) is 3.08. The minimum absolute atomic E-state index is 0.0416. The monoisotopic (exact) mass is 398 g/mol. The highest BCUT2D eigenvalue weighted by molar-refractivity contribution is 6.03. The second-order valence-corrected chi connectivity index (χ2v) is 7.10. The third-order valence-electron chi connectivity index (χ3n) is 5.29. The normalized spacial score (nSPS) is 17.9. The molecule has 0 saturated heterocycles. The number of nitrogens with zero attached hydrogens (tertiary/aromatic N) is 2. The summed E-state index contributed by atoms with van der Waals surface area (Å²) in [4.78, 5) is 30.4. The fourth-order valence-electron chi connectivity index (χ4n) is 3.91. The fourth-order valence-corrected chi connectivity index (χ4v) is 3.91. The van der Waals surface area contributed by atoms with Gasteiger partial charge >= 0.3 is 0 Å². The van der Waals surface area contributed by atoms with Crippen LogP contribution in [-0.2, 0) is 4.79 Å². The van der Waals surface area contributed by atoms with Crippen molar-refractivity contribution in [2.75, 3.05) is 5.32 Å². The lowest BCUT2D eigenvalue weighted by Crippen LogP contribution is -2.52. The Morgan fingerprint density at radius 3 is 2.47 bits per heavy atom. The molecular formula is C23H18N4O3. The van der Waals surface area contributed by atoms with Crippen LogP contribution in [0.5, 0.6) is 5.75 Å². The maximum Gasteiger partial charge on any atom is 0.251 e. The zero-order valence-electron chi connectivity index (χ0n) is 15.8. The lowest BCUT2D eigenvalue weighted by molar-refractivity contribution is -0.119. The molecule has 0 radical (unpaired) electrons. The van der Waals surface area contributed by atoms with Gasteiger partial charge in [-0.1, -0.05) is 48.5 Å². The number of phenolic OH excluding ortho intramolecular Hbond substituents is 1. The molecule has 148 valence electrons. The molecule has 3 N–H and O–H groups in total. The first kappa shape index (κ1) is 17.9. The van der Waals surface area contributed by atoms with E-state index in [1.165, 1.54) is 0 Å². The van der Waals surface area contributed by atoms with Crippen molar-refractivity contribution in [3.63, 3.8) is 0 Å². The number of para-hydroxylation sites is 3. The molecule has 2 unspecified atom stereocenters. The molecule has 7 nitrogen and oxygen atoms in total. The molecule has 30 heavy (non-hydrogen) atoms. The van der Waals surface area contributed by atoms with Gasteiger partial charge < -0.3 is 10.4 Å². The Hall–Kier alpha value is -4.13. The third-order valence-corrected chi connectivity index (χ3v) is 5.29. The number of anilines is 1. The van der Waals surface area contributed by atoms with Gasteiger partial charge in [0.05, 0.1) is 17.1 Å². The number of amides is 2. The number of rotatable bonds is 3. The molecule has 2 amide bonds. The Morgan fingerprint density at radius 1 is 0.967 bits per heavy atom. The molecular weight excluding hydrogens is 380 g/mol. The van der Waals surface area contributed by atoms with Gasteiger partial charge in [0.1, 0.15) is 11.8 Å². The molecule has 0 spiro atoms. The van der Waals surface area contributed by atoms with Gasteiger partial charge in [0.2, 0.25) is 5.95 Å². The van der Waals surface area contributed by atoms with E-state index in [0.717, 1.165) is 5.52 Å². The van der Waals surface area contributed by atoms with Gasteiger partial charge in [-0.3, -0.25) is 19.5 Å². The Morgan fingerprint density at radius 2 is 1.67 bits per heavy atom. The van der Waals surface area contributed by atoms with Crippen molar-refractivity contribution in [3.8, 4) is 5.75 Å². The maximum absolute atomic E-state index is 13.0.